The summed E-state index contributed by atoms with van der Waals surface area (Å²) in [5.41, 5.74) is 2.44. The fraction of sp³-hybridized carbons (Fsp3) is 0.533. The fourth-order valence-corrected chi connectivity index (χ4v) is 2.56. The van der Waals surface area contributed by atoms with E-state index in [0.29, 0.717) is 6.04 Å². The first-order valence-corrected chi connectivity index (χ1v) is 6.77. The van der Waals surface area contributed by atoms with Gasteiger partial charge in [-0.3, -0.25) is 0 Å². The lowest BCUT2D eigenvalue weighted by atomic mass is 10.1. The Morgan fingerprint density at radius 1 is 1.12 bits per heavy atom. The molecule has 2 rings (SSSR count). The second kappa shape index (κ2) is 5.35. The minimum Gasteiger partial charge on any atom is -0.325 e. The van der Waals surface area contributed by atoms with E-state index >= 15 is 0 Å². The molecule has 0 spiro atoms. The molecule has 2 nitrogen and oxygen atoms in total. The van der Waals surface area contributed by atoms with E-state index in [2.05, 4.69) is 49.6 Å². The number of hydrogen-bond acceptors (Lipinski definition) is 1. The monoisotopic (exact) mass is 230 g/mol. The van der Waals surface area contributed by atoms with Gasteiger partial charge < -0.3 is 4.57 Å². The zero-order valence-corrected chi connectivity index (χ0v) is 11.1. The van der Waals surface area contributed by atoms with Gasteiger partial charge >= 0.3 is 0 Å². The summed E-state index contributed by atoms with van der Waals surface area (Å²) in [6.45, 7) is 6.74. The van der Waals surface area contributed by atoms with Crippen molar-refractivity contribution in [2.45, 2.75) is 52.5 Å². The van der Waals surface area contributed by atoms with Crippen LogP contribution in [0.25, 0.3) is 11.0 Å². The van der Waals surface area contributed by atoms with Gasteiger partial charge in [-0.15, -0.1) is 0 Å². The summed E-state index contributed by atoms with van der Waals surface area (Å²) in [4.78, 5) is 4.78. The summed E-state index contributed by atoms with van der Waals surface area (Å²) in [6, 6.07) is 9.08. The lowest BCUT2D eigenvalue weighted by Gasteiger charge is -2.18. The smallest absolute Gasteiger partial charge is 0.110 e. The van der Waals surface area contributed by atoms with Crippen molar-refractivity contribution in [1.82, 2.24) is 9.55 Å². The Bertz CT molecular complexity index is 481. The zero-order valence-electron chi connectivity index (χ0n) is 11.1. The molecule has 0 bridgehead atoms. The third kappa shape index (κ3) is 2.21. The molecule has 0 unspecified atom stereocenters. The maximum atomic E-state index is 4.78. The Hall–Kier alpha value is -1.31. The van der Waals surface area contributed by atoms with Crippen LogP contribution < -0.4 is 0 Å². The lowest BCUT2D eigenvalue weighted by molar-refractivity contribution is 0.465. The molecule has 2 heteroatoms. The maximum Gasteiger partial charge on any atom is 0.110 e. The first kappa shape index (κ1) is 12.2. The van der Waals surface area contributed by atoms with Crippen LogP contribution in [-0.2, 0) is 6.42 Å². The van der Waals surface area contributed by atoms with Crippen molar-refractivity contribution >= 4 is 11.0 Å². The van der Waals surface area contributed by atoms with Gasteiger partial charge in [-0.25, -0.2) is 4.98 Å². The first-order chi connectivity index (χ1) is 8.31. The molecule has 0 saturated carbocycles. The van der Waals surface area contributed by atoms with E-state index in [1.807, 2.05) is 0 Å². The molecule has 0 fully saturated rings. The van der Waals surface area contributed by atoms with Gasteiger partial charge in [0.1, 0.15) is 5.82 Å². The molecule has 2 aromatic rings. The van der Waals surface area contributed by atoms with Gasteiger partial charge in [-0.05, 0) is 31.4 Å². The van der Waals surface area contributed by atoms with Gasteiger partial charge in [0.15, 0.2) is 0 Å². The van der Waals surface area contributed by atoms with Crippen molar-refractivity contribution in [3.05, 3.63) is 30.1 Å². The maximum absolute atomic E-state index is 4.78. The highest BCUT2D eigenvalue weighted by Gasteiger charge is 2.15. The average Bonchev–Trinajstić information content (AvgIpc) is 2.71. The van der Waals surface area contributed by atoms with Crippen LogP contribution in [0.15, 0.2) is 24.3 Å². The van der Waals surface area contributed by atoms with Crippen molar-refractivity contribution in [3.8, 4) is 0 Å². The van der Waals surface area contributed by atoms with Gasteiger partial charge in [0.25, 0.3) is 0 Å². The van der Waals surface area contributed by atoms with E-state index in [0.717, 1.165) is 18.4 Å². The van der Waals surface area contributed by atoms with E-state index in [1.54, 1.807) is 0 Å². The molecule has 0 radical (unpaired) electrons. The zero-order chi connectivity index (χ0) is 12.3. The topological polar surface area (TPSA) is 17.8 Å². The van der Waals surface area contributed by atoms with E-state index in [4.69, 9.17) is 4.98 Å². The van der Waals surface area contributed by atoms with Crippen LogP contribution in [0.4, 0.5) is 0 Å². The summed E-state index contributed by atoms with van der Waals surface area (Å²) in [5, 5.41) is 0. The molecule has 0 amide bonds. The highest BCUT2D eigenvalue weighted by atomic mass is 15.1. The standard InChI is InChI=1S/C15H22N2/c1-4-9-15-16-13-10-7-8-11-14(13)17(15)12(5-2)6-3/h7-8,10-12H,4-6,9H2,1-3H3. The molecule has 0 aliphatic rings. The molecular weight excluding hydrogens is 208 g/mol. The normalized spacial score (nSPS) is 11.5. The van der Waals surface area contributed by atoms with Crippen molar-refractivity contribution in [1.29, 1.82) is 0 Å². The number of imidazole rings is 1. The van der Waals surface area contributed by atoms with Gasteiger partial charge in [0.2, 0.25) is 0 Å². The molecule has 1 aromatic carbocycles. The van der Waals surface area contributed by atoms with Gasteiger partial charge in [-0.2, -0.15) is 0 Å². The van der Waals surface area contributed by atoms with Crippen molar-refractivity contribution in [2.75, 3.05) is 0 Å². The summed E-state index contributed by atoms with van der Waals surface area (Å²) < 4.78 is 2.46. The molecule has 1 aromatic heterocycles. The molecule has 0 aliphatic heterocycles. The minimum atomic E-state index is 0.587. The van der Waals surface area contributed by atoms with Crippen LogP contribution >= 0.6 is 0 Å². The third-order valence-electron chi connectivity index (χ3n) is 3.45. The third-order valence-corrected chi connectivity index (χ3v) is 3.45. The molecule has 0 atom stereocenters. The number of para-hydroxylation sites is 2. The molecule has 17 heavy (non-hydrogen) atoms. The van der Waals surface area contributed by atoms with Gasteiger partial charge in [-0.1, -0.05) is 32.9 Å². The van der Waals surface area contributed by atoms with E-state index in [1.165, 1.54) is 24.2 Å². The second-order valence-corrected chi connectivity index (χ2v) is 4.61. The average molecular weight is 230 g/mol. The number of aromatic nitrogens is 2. The Morgan fingerprint density at radius 2 is 1.82 bits per heavy atom. The van der Waals surface area contributed by atoms with Crippen LogP contribution in [0.1, 0.15) is 51.9 Å². The number of benzene rings is 1. The first-order valence-electron chi connectivity index (χ1n) is 6.77. The molecule has 0 saturated heterocycles. The Balaban J connectivity index is 2.58. The second-order valence-electron chi connectivity index (χ2n) is 4.61. The highest BCUT2D eigenvalue weighted by Crippen LogP contribution is 2.25. The summed E-state index contributed by atoms with van der Waals surface area (Å²) in [5.74, 6) is 1.25. The number of nitrogens with zero attached hydrogens (tertiary/aromatic N) is 2. The number of hydrogen-bond donors (Lipinski definition) is 0. The molecular formula is C15H22N2. The van der Waals surface area contributed by atoms with Crippen LogP contribution in [0.3, 0.4) is 0 Å². The summed E-state index contributed by atoms with van der Waals surface area (Å²) in [6.07, 6.45) is 4.58. The largest absolute Gasteiger partial charge is 0.325 e. The number of aryl methyl sites for hydroxylation is 1. The van der Waals surface area contributed by atoms with Gasteiger partial charge in [0, 0.05) is 12.5 Å². The molecule has 1 heterocycles. The van der Waals surface area contributed by atoms with Crippen LogP contribution in [0.2, 0.25) is 0 Å². The van der Waals surface area contributed by atoms with Crippen molar-refractivity contribution < 1.29 is 0 Å². The quantitative estimate of drug-likeness (QED) is 0.746. The fourth-order valence-electron chi connectivity index (χ4n) is 2.56. The summed E-state index contributed by atoms with van der Waals surface area (Å²) >= 11 is 0. The van der Waals surface area contributed by atoms with E-state index in [-0.39, 0.29) is 0 Å². The van der Waals surface area contributed by atoms with E-state index in [9.17, 15) is 0 Å². The highest BCUT2D eigenvalue weighted by molar-refractivity contribution is 5.76. The summed E-state index contributed by atoms with van der Waals surface area (Å²) in [7, 11) is 0. The SMILES string of the molecule is CCCc1nc2ccccc2n1C(CC)CC. The predicted molar refractivity (Wildman–Crippen MR) is 73.3 cm³/mol. The van der Waals surface area contributed by atoms with Crippen LogP contribution in [-0.4, -0.2) is 9.55 Å². The molecule has 0 aliphatic carbocycles. The van der Waals surface area contributed by atoms with Crippen molar-refractivity contribution in [3.63, 3.8) is 0 Å². The van der Waals surface area contributed by atoms with Crippen molar-refractivity contribution in [2.24, 2.45) is 0 Å². The predicted octanol–water partition coefficient (Wildman–Crippen LogP) is 4.35. The van der Waals surface area contributed by atoms with Crippen LogP contribution in [0, 0.1) is 0 Å². The molecule has 92 valence electrons. The minimum absolute atomic E-state index is 0.587. The Labute approximate surface area is 104 Å². The Kier molecular flexibility index (Phi) is 3.82. The van der Waals surface area contributed by atoms with E-state index < -0.39 is 0 Å². The van der Waals surface area contributed by atoms with Gasteiger partial charge in [0.05, 0.1) is 11.0 Å². The lowest BCUT2D eigenvalue weighted by Crippen LogP contribution is -2.10. The number of fused-ring (bicyclic) bond motifs is 1. The van der Waals surface area contributed by atoms with Crippen LogP contribution in [0.5, 0.6) is 0 Å². The number of rotatable bonds is 5. The molecule has 0 N–H and O–H groups in total. The Morgan fingerprint density at radius 3 is 2.47 bits per heavy atom.